The number of aryl methyl sites for hydroxylation is 2. The van der Waals surface area contributed by atoms with Crippen LogP contribution in [0.3, 0.4) is 0 Å². The third-order valence-corrected chi connectivity index (χ3v) is 5.71. The SMILES string of the molecule is CSC1(CNCC(O)COc2ccc(C)cc2C)CCC1. The van der Waals surface area contributed by atoms with Crippen LogP contribution in [0, 0.1) is 13.8 Å². The van der Waals surface area contributed by atoms with Crippen molar-refractivity contribution in [3.63, 3.8) is 0 Å². The summed E-state index contributed by atoms with van der Waals surface area (Å²) in [4.78, 5) is 0. The van der Waals surface area contributed by atoms with Crippen LogP contribution in [0.25, 0.3) is 0 Å². The molecule has 0 amide bonds. The van der Waals surface area contributed by atoms with Crippen LogP contribution in [-0.2, 0) is 0 Å². The van der Waals surface area contributed by atoms with E-state index in [4.69, 9.17) is 4.74 Å². The van der Waals surface area contributed by atoms with E-state index in [9.17, 15) is 5.11 Å². The molecule has 0 bridgehead atoms. The summed E-state index contributed by atoms with van der Waals surface area (Å²) in [7, 11) is 0. The van der Waals surface area contributed by atoms with Gasteiger partial charge in [0.2, 0.25) is 0 Å². The Hall–Kier alpha value is -0.710. The summed E-state index contributed by atoms with van der Waals surface area (Å²) >= 11 is 1.95. The number of rotatable bonds is 8. The molecule has 0 aliphatic heterocycles. The molecule has 1 saturated carbocycles. The van der Waals surface area contributed by atoms with Gasteiger partial charge in [0.1, 0.15) is 18.5 Å². The van der Waals surface area contributed by atoms with E-state index in [2.05, 4.69) is 24.6 Å². The first-order valence-corrected chi connectivity index (χ1v) is 8.91. The van der Waals surface area contributed by atoms with E-state index in [0.717, 1.165) is 17.9 Å². The number of hydrogen-bond donors (Lipinski definition) is 2. The zero-order chi connectivity index (χ0) is 15.3. The molecule has 0 heterocycles. The van der Waals surface area contributed by atoms with E-state index in [-0.39, 0.29) is 0 Å². The van der Waals surface area contributed by atoms with Crippen LogP contribution in [0.4, 0.5) is 0 Å². The molecule has 0 saturated heterocycles. The van der Waals surface area contributed by atoms with Gasteiger partial charge in [-0.15, -0.1) is 0 Å². The fourth-order valence-electron chi connectivity index (χ4n) is 2.70. The van der Waals surface area contributed by atoms with Gasteiger partial charge in [-0.3, -0.25) is 0 Å². The fraction of sp³-hybridized carbons (Fsp3) is 0.647. The molecule has 2 rings (SSSR count). The Labute approximate surface area is 132 Å². The molecule has 1 aromatic rings. The van der Waals surface area contributed by atoms with Crippen LogP contribution in [0.1, 0.15) is 30.4 Å². The molecule has 1 unspecified atom stereocenters. The van der Waals surface area contributed by atoms with E-state index in [1.165, 1.54) is 24.8 Å². The number of hydrogen-bond acceptors (Lipinski definition) is 4. The van der Waals surface area contributed by atoms with Crippen LogP contribution in [0.2, 0.25) is 0 Å². The van der Waals surface area contributed by atoms with Gasteiger partial charge in [0, 0.05) is 17.8 Å². The van der Waals surface area contributed by atoms with Gasteiger partial charge < -0.3 is 15.2 Å². The lowest BCUT2D eigenvalue weighted by Crippen LogP contribution is -2.45. The van der Waals surface area contributed by atoms with Crippen molar-refractivity contribution in [2.45, 2.75) is 44.0 Å². The van der Waals surface area contributed by atoms with Crippen LogP contribution in [0.5, 0.6) is 5.75 Å². The van der Waals surface area contributed by atoms with Gasteiger partial charge in [-0.05, 0) is 44.6 Å². The highest BCUT2D eigenvalue weighted by molar-refractivity contribution is 8.00. The summed E-state index contributed by atoms with van der Waals surface area (Å²) < 4.78 is 6.12. The first-order chi connectivity index (χ1) is 10.0. The third-order valence-electron chi connectivity index (χ3n) is 4.29. The highest BCUT2D eigenvalue weighted by atomic mass is 32.2. The Kier molecular flexibility index (Phi) is 5.97. The minimum Gasteiger partial charge on any atom is -0.491 e. The molecule has 1 aliphatic rings. The lowest BCUT2D eigenvalue weighted by atomic mass is 9.84. The maximum atomic E-state index is 10.0. The molecular weight excluding hydrogens is 282 g/mol. The highest BCUT2D eigenvalue weighted by Crippen LogP contribution is 2.42. The standard InChI is InChI=1S/C17H27NO2S/c1-13-5-6-16(14(2)9-13)20-11-15(19)10-18-12-17(21-3)7-4-8-17/h5-6,9,15,18-19H,4,7-8,10-12H2,1-3H3. The van der Waals surface area contributed by atoms with Crippen LogP contribution in [0.15, 0.2) is 18.2 Å². The van der Waals surface area contributed by atoms with Gasteiger partial charge >= 0.3 is 0 Å². The number of aliphatic hydroxyl groups is 1. The molecular formula is C17H27NO2S. The average Bonchev–Trinajstić information content (AvgIpc) is 2.41. The van der Waals surface area contributed by atoms with E-state index < -0.39 is 6.10 Å². The van der Waals surface area contributed by atoms with Gasteiger partial charge in [-0.1, -0.05) is 24.1 Å². The van der Waals surface area contributed by atoms with Gasteiger partial charge in [-0.25, -0.2) is 0 Å². The summed E-state index contributed by atoms with van der Waals surface area (Å²) in [5.41, 5.74) is 2.34. The maximum Gasteiger partial charge on any atom is 0.122 e. The Balaban J connectivity index is 1.68. The zero-order valence-electron chi connectivity index (χ0n) is 13.3. The summed E-state index contributed by atoms with van der Waals surface area (Å²) in [6.07, 6.45) is 5.62. The second kappa shape index (κ2) is 7.52. The van der Waals surface area contributed by atoms with Gasteiger partial charge in [-0.2, -0.15) is 11.8 Å². The monoisotopic (exact) mass is 309 g/mol. The highest BCUT2D eigenvalue weighted by Gasteiger charge is 2.35. The molecule has 1 aliphatic carbocycles. The summed E-state index contributed by atoms with van der Waals surface area (Å²) in [6.45, 7) is 6.01. The average molecular weight is 309 g/mol. The quantitative estimate of drug-likeness (QED) is 0.775. The van der Waals surface area contributed by atoms with Gasteiger partial charge in [0.05, 0.1) is 0 Å². The molecule has 4 heteroatoms. The van der Waals surface area contributed by atoms with Crippen molar-refractivity contribution in [3.05, 3.63) is 29.3 Å². The molecule has 0 spiro atoms. The molecule has 3 nitrogen and oxygen atoms in total. The zero-order valence-corrected chi connectivity index (χ0v) is 14.1. The minimum atomic E-state index is -0.468. The van der Waals surface area contributed by atoms with Crippen molar-refractivity contribution in [1.29, 1.82) is 0 Å². The van der Waals surface area contributed by atoms with E-state index >= 15 is 0 Å². The molecule has 21 heavy (non-hydrogen) atoms. The smallest absolute Gasteiger partial charge is 0.122 e. The number of nitrogens with one attached hydrogen (secondary N) is 1. The van der Waals surface area contributed by atoms with Crippen molar-refractivity contribution in [2.75, 3.05) is 26.0 Å². The fourth-order valence-corrected chi connectivity index (χ4v) is 3.64. The number of aliphatic hydroxyl groups excluding tert-OH is 1. The summed E-state index contributed by atoms with van der Waals surface area (Å²) in [6, 6.07) is 6.10. The Morgan fingerprint density at radius 1 is 1.38 bits per heavy atom. The number of ether oxygens (including phenoxy) is 1. The second-order valence-corrected chi connectivity index (χ2v) is 7.38. The summed E-state index contributed by atoms with van der Waals surface area (Å²) in [5.74, 6) is 0.860. The lowest BCUT2D eigenvalue weighted by molar-refractivity contribution is 0.104. The number of benzene rings is 1. The number of thioether (sulfide) groups is 1. The van der Waals surface area contributed by atoms with E-state index in [0.29, 0.717) is 17.9 Å². The maximum absolute atomic E-state index is 10.0. The van der Waals surface area contributed by atoms with Crippen LogP contribution >= 0.6 is 11.8 Å². The first-order valence-electron chi connectivity index (χ1n) is 7.69. The van der Waals surface area contributed by atoms with E-state index in [1.54, 1.807) is 0 Å². The molecule has 0 aromatic heterocycles. The topological polar surface area (TPSA) is 41.5 Å². The Morgan fingerprint density at radius 2 is 2.14 bits per heavy atom. The Bertz CT molecular complexity index is 455. The van der Waals surface area contributed by atoms with Gasteiger partial charge in [0.25, 0.3) is 0 Å². The van der Waals surface area contributed by atoms with Crippen molar-refractivity contribution >= 4 is 11.8 Å². The second-order valence-electron chi connectivity index (χ2n) is 6.11. The van der Waals surface area contributed by atoms with Crippen molar-refractivity contribution in [2.24, 2.45) is 0 Å². The summed E-state index contributed by atoms with van der Waals surface area (Å²) in [5, 5.41) is 13.4. The lowest BCUT2D eigenvalue weighted by Gasteiger charge is -2.40. The molecule has 1 fully saturated rings. The minimum absolute atomic E-state index is 0.336. The van der Waals surface area contributed by atoms with Crippen molar-refractivity contribution in [1.82, 2.24) is 5.32 Å². The normalized spacial score (nSPS) is 18.1. The molecule has 1 atom stereocenters. The van der Waals surface area contributed by atoms with E-state index in [1.807, 2.05) is 30.8 Å². The van der Waals surface area contributed by atoms with Crippen molar-refractivity contribution in [3.8, 4) is 5.75 Å². The largest absolute Gasteiger partial charge is 0.491 e. The van der Waals surface area contributed by atoms with Crippen LogP contribution < -0.4 is 10.1 Å². The van der Waals surface area contributed by atoms with Crippen molar-refractivity contribution < 1.29 is 9.84 Å². The third kappa shape index (κ3) is 4.63. The molecule has 1 aromatic carbocycles. The van der Waals surface area contributed by atoms with Crippen LogP contribution in [-0.4, -0.2) is 41.9 Å². The molecule has 118 valence electrons. The first kappa shape index (κ1) is 16.7. The predicted octanol–water partition coefficient (Wildman–Crippen LogP) is 2.92. The molecule has 2 N–H and O–H groups in total. The van der Waals surface area contributed by atoms with Gasteiger partial charge in [0.15, 0.2) is 0 Å². The Morgan fingerprint density at radius 3 is 2.71 bits per heavy atom. The predicted molar refractivity (Wildman–Crippen MR) is 90.4 cm³/mol. The molecule has 0 radical (unpaired) electrons.